The van der Waals surface area contributed by atoms with Gasteiger partial charge in [-0.25, -0.2) is 0 Å². The van der Waals surface area contributed by atoms with Crippen molar-refractivity contribution < 1.29 is 14.3 Å². The van der Waals surface area contributed by atoms with E-state index in [-0.39, 0.29) is 23.6 Å². The number of carbonyl (C=O) groups is 2. The molecule has 20 heavy (non-hydrogen) atoms. The molecular formula is C17H26O3. The molecule has 0 spiro atoms. The fraction of sp³-hybridized carbons (Fsp3) is 0.765. The van der Waals surface area contributed by atoms with Gasteiger partial charge in [-0.15, -0.1) is 0 Å². The van der Waals surface area contributed by atoms with E-state index in [4.69, 9.17) is 4.74 Å². The summed E-state index contributed by atoms with van der Waals surface area (Å²) in [6, 6.07) is 0. The van der Waals surface area contributed by atoms with Gasteiger partial charge in [0.1, 0.15) is 11.4 Å². The molecule has 2 aliphatic rings. The molecule has 0 heterocycles. The molecule has 2 rings (SSSR count). The molecule has 0 aliphatic heterocycles. The van der Waals surface area contributed by atoms with Crippen LogP contribution in [0.25, 0.3) is 0 Å². The lowest BCUT2D eigenvalue weighted by Gasteiger charge is -2.51. The Morgan fingerprint density at radius 1 is 1.35 bits per heavy atom. The first-order valence-corrected chi connectivity index (χ1v) is 7.45. The van der Waals surface area contributed by atoms with Gasteiger partial charge in [-0.2, -0.15) is 0 Å². The van der Waals surface area contributed by atoms with Crippen molar-refractivity contribution in [2.75, 3.05) is 0 Å². The van der Waals surface area contributed by atoms with Crippen LogP contribution in [0.3, 0.4) is 0 Å². The number of fused-ring (bicyclic) bond motifs is 2. The molecule has 112 valence electrons. The van der Waals surface area contributed by atoms with Gasteiger partial charge in [0, 0.05) is 10.8 Å². The lowest BCUT2D eigenvalue weighted by molar-refractivity contribution is -0.171. The first-order chi connectivity index (χ1) is 9.00. The number of hydrogen-bond acceptors (Lipinski definition) is 3. The number of carbonyl (C=O) groups excluding carboxylic acids is 2. The van der Waals surface area contributed by atoms with Crippen molar-refractivity contribution in [2.45, 2.75) is 60.0 Å². The van der Waals surface area contributed by atoms with Gasteiger partial charge in [0.2, 0.25) is 0 Å². The first-order valence-electron chi connectivity index (χ1n) is 7.45. The Hall–Kier alpha value is -1.12. The third-order valence-corrected chi connectivity index (χ3v) is 5.00. The number of esters is 1. The van der Waals surface area contributed by atoms with E-state index in [0.717, 1.165) is 6.42 Å². The summed E-state index contributed by atoms with van der Waals surface area (Å²) >= 11 is 0. The summed E-state index contributed by atoms with van der Waals surface area (Å²) in [5, 5.41) is 0. The summed E-state index contributed by atoms with van der Waals surface area (Å²) in [5.74, 6) is -0.105. The summed E-state index contributed by atoms with van der Waals surface area (Å²) in [6.45, 7) is 11.6. The van der Waals surface area contributed by atoms with Crippen LogP contribution < -0.4 is 0 Å². The minimum atomic E-state index is -0.535. The van der Waals surface area contributed by atoms with Crippen LogP contribution in [0.5, 0.6) is 0 Å². The van der Waals surface area contributed by atoms with Crippen molar-refractivity contribution in [1.82, 2.24) is 0 Å². The van der Waals surface area contributed by atoms with E-state index < -0.39 is 16.4 Å². The molecule has 4 atom stereocenters. The average molecular weight is 278 g/mol. The van der Waals surface area contributed by atoms with Crippen molar-refractivity contribution in [2.24, 2.45) is 22.7 Å². The van der Waals surface area contributed by atoms with E-state index in [9.17, 15) is 9.59 Å². The first kappa shape index (κ1) is 15.3. The predicted molar refractivity (Wildman–Crippen MR) is 78.1 cm³/mol. The van der Waals surface area contributed by atoms with Crippen molar-refractivity contribution in [3.63, 3.8) is 0 Å². The summed E-state index contributed by atoms with van der Waals surface area (Å²) in [4.78, 5) is 25.2. The molecule has 0 radical (unpaired) electrons. The monoisotopic (exact) mass is 278 g/mol. The smallest absolute Gasteiger partial charge is 0.309 e. The van der Waals surface area contributed by atoms with Crippen LogP contribution in [0.15, 0.2) is 12.2 Å². The van der Waals surface area contributed by atoms with E-state index >= 15 is 0 Å². The quantitative estimate of drug-likeness (QED) is 0.544. The predicted octanol–water partition coefficient (Wildman–Crippen LogP) is 3.53. The Bertz CT molecular complexity index is 471. The maximum absolute atomic E-state index is 12.7. The highest BCUT2D eigenvalue weighted by atomic mass is 16.6. The molecule has 2 aliphatic carbocycles. The number of Topliss-reactive ketones (excluding diaryl/α,β-unsaturated/α-hetero) is 1. The van der Waals surface area contributed by atoms with Gasteiger partial charge in [-0.1, -0.05) is 26.0 Å². The largest absolute Gasteiger partial charge is 0.460 e. The van der Waals surface area contributed by atoms with Gasteiger partial charge in [-0.05, 0) is 46.5 Å². The molecule has 0 aromatic rings. The molecule has 0 aromatic carbocycles. The summed E-state index contributed by atoms with van der Waals surface area (Å²) in [5.41, 5.74) is -1.44. The maximum atomic E-state index is 12.7. The Balaban J connectivity index is 2.33. The molecule has 0 unspecified atom stereocenters. The van der Waals surface area contributed by atoms with E-state index in [1.807, 2.05) is 47.6 Å². The fourth-order valence-electron chi connectivity index (χ4n) is 3.66. The topological polar surface area (TPSA) is 43.4 Å². The van der Waals surface area contributed by atoms with E-state index in [2.05, 4.69) is 6.08 Å². The second kappa shape index (κ2) is 4.44. The van der Waals surface area contributed by atoms with Gasteiger partial charge in [0.15, 0.2) is 0 Å². The second-order valence-corrected chi connectivity index (χ2v) is 7.91. The van der Waals surface area contributed by atoms with Gasteiger partial charge < -0.3 is 4.74 Å². The van der Waals surface area contributed by atoms with Crippen LogP contribution in [0.4, 0.5) is 0 Å². The number of hydrogen-bond donors (Lipinski definition) is 0. The minimum absolute atomic E-state index is 0.0190. The Kier molecular flexibility index (Phi) is 3.39. The van der Waals surface area contributed by atoms with E-state index in [1.54, 1.807) is 0 Å². The zero-order valence-electron chi connectivity index (χ0n) is 13.4. The van der Waals surface area contributed by atoms with Crippen LogP contribution in [-0.4, -0.2) is 17.4 Å². The Morgan fingerprint density at radius 3 is 2.50 bits per heavy atom. The Morgan fingerprint density at radius 2 is 1.95 bits per heavy atom. The van der Waals surface area contributed by atoms with Crippen LogP contribution in [0.1, 0.15) is 54.4 Å². The molecule has 1 fully saturated rings. The van der Waals surface area contributed by atoms with Crippen LogP contribution in [0.2, 0.25) is 0 Å². The highest BCUT2D eigenvalue weighted by molar-refractivity contribution is 5.95. The second-order valence-electron chi connectivity index (χ2n) is 7.91. The number of rotatable bonds is 1. The highest BCUT2D eigenvalue weighted by Gasteiger charge is 2.57. The number of ketones is 1. The SMILES string of the molecule is C[C@H]1[C@H](C(=O)OC(C)(C)C)C[C@]2(C)CC=C[C@@]1(C)C2=O. The van der Waals surface area contributed by atoms with Crippen molar-refractivity contribution >= 4 is 11.8 Å². The average Bonchev–Trinajstić information content (AvgIpc) is 2.28. The lowest BCUT2D eigenvalue weighted by atomic mass is 9.51. The Labute approximate surface area is 121 Å². The summed E-state index contributed by atoms with van der Waals surface area (Å²) in [7, 11) is 0. The minimum Gasteiger partial charge on any atom is -0.460 e. The lowest BCUT2D eigenvalue weighted by Crippen LogP contribution is -2.55. The van der Waals surface area contributed by atoms with E-state index in [1.165, 1.54) is 0 Å². The summed E-state index contributed by atoms with van der Waals surface area (Å²) < 4.78 is 5.56. The fourth-order valence-corrected chi connectivity index (χ4v) is 3.66. The zero-order valence-corrected chi connectivity index (χ0v) is 13.4. The van der Waals surface area contributed by atoms with Gasteiger partial charge in [0.25, 0.3) is 0 Å². The van der Waals surface area contributed by atoms with E-state index in [0.29, 0.717) is 6.42 Å². The van der Waals surface area contributed by atoms with Gasteiger partial charge >= 0.3 is 5.97 Å². The zero-order chi connectivity index (χ0) is 15.3. The molecule has 3 heteroatoms. The molecule has 0 aromatic heterocycles. The normalized spacial score (nSPS) is 40.6. The van der Waals surface area contributed by atoms with Crippen LogP contribution in [0, 0.1) is 22.7 Å². The van der Waals surface area contributed by atoms with Crippen LogP contribution >= 0.6 is 0 Å². The third-order valence-electron chi connectivity index (χ3n) is 5.00. The third kappa shape index (κ3) is 2.32. The molecule has 0 amide bonds. The van der Waals surface area contributed by atoms with Crippen molar-refractivity contribution in [1.29, 1.82) is 0 Å². The molecule has 0 N–H and O–H groups in total. The standard InChI is InChI=1S/C17H26O3/c1-11-12(13(18)20-15(2,3)4)10-16(5)8-7-9-17(11,6)14(16)19/h7,9,11-12H,8,10H2,1-6H3/t11-,12+,16-,17+/m0/s1. The van der Waals surface area contributed by atoms with Crippen molar-refractivity contribution in [3.8, 4) is 0 Å². The number of ether oxygens (including phenoxy) is 1. The summed E-state index contributed by atoms with van der Waals surface area (Å²) in [6.07, 6.45) is 5.43. The van der Waals surface area contributed by atoms with Crippen molar-refractivity contribution in [3.05, 3.63) is 12.2 Å². The molecule has 3 nitrogen and oxygen atoms in total. The molecular weight excluding hydrogens is 252 g/mol. The maximum Gasteiger partial charge on any atom is 0.309 e. The van der Waals surface area contributed by atoms with Crippen LogP contribution in [-0.2, 0) is 14.3 Å². The number of allylic oxidation sites excluding steroid dienone is 2. The highest BCUT2D eigenvalue weighted by Crippen LogP contribution is 2.54. The molecule has 0 saturated heterocycles. The van der Waals surface area contributed by atoms with Gasteiger partial charge in [0.05, 0.1) is 5.92 Å². The van der Waals surface area contributed by atoms with Gasteiger partial charge in [-0.3, -0.25) is 9.59 Å². The molecule has 2 bridgehead atoms. The molecule has 1 saturated carbocycles.